The predicted molar refractivity (Wildman–Crippen MR) is 50.8 cm³/mol. The molecule has 0 aliphatic carbocycles. The molecule has 78 valence electrons. The van der Waals surface area contributed by atoms with Crippen molar-refractivity contribution >= 4 is 5.97 Å². The van der Waals surface area contributed by atoms with Gasteiger partial charge in [-0.25, -0.2) is 0 Å². The maximum Gasteiger partial charge on any atom is 0.323 e. The van der Waals surface area contributed by atoms with E-state index in [1.165, 1.54) is 7.11 Å². The average molecular weight is 189 g/mol. The number of aliphatic carboxylic acids is 1. The van der Waals surface area contributed by atoms with E-state index in [4.69, 9.17) is 9.84 Å². The molecule has 0 saturated heterocycles. The van der Waals surface area contributed by atoms with Gasteiger partial charge in [-0.2, -0.15) is 0 Å². The molecular formula is C9H19NO3. The van der Waals surface area contributed by atoms with E-state index in [0.29, 0.717) is 0 Å². The molecule has 0 aliphatic heterocycles. The first kappa shape index (κ1) is 12.4. The van der Waals surface area contributed by atoms with Crippen LogP contribution in [0.1, 0.15) is 20.8 Å². The van der Waals surface area contributed by atoms with Gasteiger partial charge in [-0.1, -0.05) is 6.92 Å². The molecule has 0 aromatic rings. The van der Waals surface area contributed by atoms with Crippen LogP contribution in [-0.2, 0) is 9.53 Å². The fourth-order valence-electron chi connectivity index (χ4n) is 1.41. The number of carboxylic acid groups (broad SMARTS) is 1. The molecule has 0 radical (unpaired) electrons. The summed E-state index contributed by atoms with van der Waals surface area (Å²) in [5.74, 6) is -0.822. The molecule has 0 aliphatic rings. The lowest BCUT2D eigenvalue weighted by atomic mass is 10.2. The molecule has 1 N–H and O–H groups in total. The van der Waals surface area contributed by atoms with Crippen LogP contribution in [0.3, 0.4) is 0 Å². The Balaban J connectivity index is 4.38. The minimum Gasteiger partial charge on any atom is -0.480 e. The van der Waals surface area contributed by atoms with Crippen molar-refractivity contribution in [1.82, 2.24) is 4.90 Å². The highest BCUT2D eigenvalue weighted by atomic mass is 16.5. The number of likely N-dealkylation sites (N-methyl/N-ethyl adjacent to an activating group) is 1. The number of nitrogens with zero attached hydrogens (tertiary/aromatic N) is 1. The van der Waals surface area contributed by atoms with Crippen LogP contribution in [0.2, 0.25) is 0 Å². The number of hydrogen-bond acceptors (Lipinski definition) is 3. The molecule has 0 saturated carbocycles. The molecule has 1 unspecified atom stereocenters. The summed E-state index contributed by atoms with van der Waals surface area (Å²) in [6, 6.07) is -0.309. The smallest absolute Gasteiger partial charge is 0.323 e. The van der Waals surface area contributed by atoms with E-state index in [1.807, 2.05) is 25.7 Å². The van der Waals surface area contributed by atoms with E-state index in [1.54, 1.807) is 0 Å². The van der Waals surface area contributed by atoms with E-state index in [-0.39, 0.29) is 12.6 Å². The summed E-state index contributed by atoms with van der Waals surface area (Å²) >= 11 is 0. The molecular weight excluding hydrogens is 170 g/mol. The van der Waals surface area contributed by atoms with E-state index in [0.717, 1.165) is 6.54 Å². The number of ether oxygens (including phenoxy) is 1. The van der Waals surface area contributed by atoms with Gasteiger partial charge in [0.1, 0.15) is 6.04 Å². The molecule has 0 spiro atoms. The van der Waals surface area contributed by atoms with Crippen LogP contribution >= 0.6 is 0 Å². The topological polar surface area (TPSA) is 49.8 Å². The molecule has 0 heterocycles. The second kappa shape index (κ2) is 5.94. The van der Waals surface area contributed by atoms with E-state index in [2.05, 4.69) is 0 Å². The maximum absolute atomic E-state index is 10.9. The second-order valence-electron chi connectivity index (χ2n) is 3.23. The van der Waals surface area contributed by atoms with E-state index in [9.17, 15) is 4.79 Å². The molecule has 4 nitrogen and oxygen atoms in total. The Hall–Kier alpha value is -0.610. The Morgan fingerprint density at radius 2 is 2.08 bits per heavy atom. The summed E-state index contributed by atoms with van der Waals surface area (Å²) in [6.45, 7) is 6.87. The van der Waals surface area contributed by atoms with Crippen molar-refractivity contribution < 1.29 is 14.6 Å². The Morgan fingerprint density at radius 3 is 2.31 bits per heavy atom. The minimum absolute atomic E-state index is 0.223. The van der Waals surface area contributed by atoms with Gasteiger partial charge < -0.3 is 9.84 Å². The van der Waals surface area contributed by atoms with Crippen LogP contribution in [0.4, 0.5) is 0 Å². The summed E-state index contributed by atoms with van der Waals surface area (Å²) in [6.07, 6.45) is 0. The van der Waals surface area contributed by atoms with Crippen molar-refractivity contribution in [3.63, 3.8) is 0 Å². The van der Waals surface area contributed by atoms with Crippen LogP contribution < -0.4 is 0 Å². The SMILES string of the molecule is CCN(C(C)C)C(COC)C(=O)O. The molecule has 0 rings (SSSR count). The van der Waals surface area contributed by atoms with Crippen LogP contribution in [0, 0.1) is 0 Å². The first-order valence-electron chi connectivity index (χ1n) is 4.52. The highest BCUT2D eigenvalue weighted by molar-refractivity contribution is 5.73. The molecule has 0 aromatic carbocycles. The summed E-state index contributed by atoms with van der Waals surface area (Å²) in [7, 11) is 1.52. The van der Waals surface area contributed by atoms with Crippen LogP contribution in [-0.4, -0.2) is 48.3 Å². The van der Waals surface area contributed by atoms with Gasteiger partial charge in [-0.15, -0.1) is 0 Å². The molecule has 0 fully saturated rings. The van der Waals surface area contributed by atoms with Crippen molar-refractivity contribution in [2.24, 2.45) is 0 Å². The second-order valence-corrected chi connectivity index (χ2v) is 3.23. The lowest BCUT2D eigenvalue weighted by molar-refractivity contribution is -0.146. The van der Waals surface area contributed by atoms with Gasteiger partial charge in [0.05, 0.1) is 6.61 Å². The third-order valence-corrected chi connectivity index (χ3v) is 2.04. The van der Waals surface area contributed by atoms with Crippen molar-refractivity contribution in [1.29, 1.82) is 0 Å². The van der Waals surface area contributed by atoms with E-state index < -0.39 is 12.0 Å². The van der Waals surface area contributed by atoms with Crippen molar-refractivity contribution in [3.05, 3.63) is 0 Å². The zero-order chi connectivity index (χ0) is 10.4. The Morgan fingerprint density at radius 1 is 1.54 bits per heavy atom. The molecule has 0 amide bonds. The zero-order valence-corrected chi connectivity index (χ0v) is 8.78. The van der Waals surface area contributed by atoms with Crippen LogP contribution in [0.15, 0.2) is 0 Å². The van der Waals surface area contributed by atoms with Gasteiger partial charge in [0.25, 0.3) is 0 Å². The third-order valence-electron chi connectivity index (χ3n) is 2.04. The van der Waals surface area contributed by atoms with Crippen LogP contribution in [0.5, 0.6) is 0 Å². The van der Waals surface area contributed by atoms with Gasteiger partial charge in [-0.05, 0) is 20.4 Å². The standard InChI is InChI=1S/C9H19NO3/c1-5-10(7(2)3)8(6-13-4)9(11)12/h7-8H,5-6H2,1-4H3,(H,11,12). The number of hydrogen-bond donors (Lipinski definition) is 1. The Bertz CT molecular complexity index is 159. The quantitative estimate of drug-likeness (QED) is 0.672. The van der Waals surface area contributed by atoms with Gasteiger partial charge >= 0.3 is 5.97 Å². The average Bonchev–Trinajstić information content (AvgIpc) is 2.03. The first-order chi connectivity index (χ1) is 6.04. The molecule has 13 heavy (non-hydrogen) atoms. The highest BCUT2D eigenvalue weighted by Crippen LogP contribution is 2.05. The normalized spacial score (nSPS) is 13.7. The van der Waals surface area contributed by atoms with Gasteiger partial charge in [0.15, 0.2) is 0 Å². The fraction of sp³-hybridized carbons (Fsp3) is 0.889. The summed E-state index contributed by atoms with van der Waals surface area (Å²) < 4.78 is 4.88. The minimum atomic E-state index is -0.822. The number of carbonyl (C=O) groups is 1. The zero-order valence-electron chi connectivity index (χ0n) is 8.78. The van der Waals surface area contributed by atoms with Crippen molar-refractivity contribution in [2.45, 2.75) is 32.9 Å². The summed E-state index contributed by atoms with van der Waals surface area (Å²) in [5.41, 5.74) is 0. The molecule has 0 bridgehead atoms. The van der Waals surface area contributed by atoms with E-state index >= 15 is 0 Å². The Labute approximate surface area is 79.5 Å². The maximum atomic E-state index is 10.9. The largest absolute Gasteiger partial charge is 0.480 e. The predicted octanol–water partition coefficient (Wildman–Crippen LogP) is 0.816. The molecule has 1 atom stereocenters. The lowest BCUT2D eigenvalue weighted by Gasteiger charge is -2.30. The van der Waals surface area contributed by atoms with Crippen LogP contribution in [0.25, 0.3) is 0 Å². The lowest BCUT2D eigenvalue weighted by Crippen LogP contribution is -2.47. The van der Waals surface area contributed by atoms with Gasteiger partial charge in [-0.3, -0.25) is 9.69 Å². The van der Waals surface area contributed by atoms with Crippen molar-refractivity contribution in [3.8, 4) is 0 Å². The van der Waals surface area contributed by atoms with Gasteiger partial charge in [0, 0.05) is 13.2 Å². The number of methoxy groups -OCH3 is 1. The number of carboxylic acids is 1. The first-order valence-corrected chi connectivity index (χ1v) is 4.52. The fourth-order valence-corrected chi connectivity index (χ4v) is 1.41. The Kier molecular flexibility index (Phi) is 5.66. The molecule has 0 aromatic heterocycles. The van der Waals surface area contributed by atoms with Crippen molar-refractivity contribution in [2.75, 3.05) is 20.3 Å². The van der Waals surface area contributed by atoms with Gasteiger partial charge in [0.2, 0.25) is 0 Å². The monoisotopic (exact) mass is 189 g/mol. The molecule has 4 heteroatoms. The number of rotatable bonds is 6. The third kappa shape index (κ3) is 3.74. The summed E-state index contributed by atoms with van der Waals surface area (Å²) in [4.78, 5) is 12.8. The summed E-state index contributed by atoms with van der Waals surface area (Å²) in [5, 5.41) is 8.93. The highest BCUT2D eigenvalue weighted by Gasteiger charge is 2.25.